The van der Waals surface area contributed by atoms with Gasteiger partial charge in [-0.3, -0.25) is 4.79 Å². The van der Waals surface area contributed by atoms with E-state index in [0.717, 1.165) is 11.1 Å². The number of likely N-dealkylation sites (N-methyl/N-ethyl adjacent to an activating group) is 1. The molecule has 0 saturated heterocycles. The van der Waals surface area contributed by atoms with Gasteiger partial charge in [-0.1, -0.05) is 48.5 Å². The van der Waals surface area contributed by atoms with E-state index in [1.54, 1.807) is 0 Å². The third kappa shape index (κ3) is 4.20. The quantitative estimate of drug-likeness (QED) is 0.721. The minimum absolute atomic E-state index is 0.00258. The van der Waals surface area contributed by atoms with Crippen molar-refractivity contribution in [3.8, 4) is 11.1 Å². The van der Waals surface area contributed by atoms with Crippen LogP contribution in [0.15, 0.2) is 48.5 Å². The Morgan fingerprint density at radius 2 is 1.66 bits per heavy atom. The standard InChI is InChI=1S/C25H28N2O5/c1-15(24(29)30)27(2)23(28)16-11-12-17(13-16)26-25(31)32-14-22-20-9-5-3-7-18(20)19-8-4-6-10-21(19)22/h3-10,15-17,22H,11-14H2,1-2H3,(H,26,31)(H,29,30). The van der Waals surface area contributed by atoms with E-state index in [-0.39, 0.29) is 30.4 Å². The van der Waals surface area contributed by atoms with Crippen LogP contribution in [-0.4, -0.2) is 53.7 Å². The predicted molar refractivity (Wildman–Crippen MR) is 119 cm³/mol. The second-order valence-corrected chi connectivity index (χ2v) is 8.64. The first kappa shape index (κ1) is 21.9. The summed E-state index contributed by atoms with van der Waals surface area (Å²) >= 11 is 0. The Labute approximate surface area is 187 Å². The number of carbonyl (C=O) groups is 3. The van der Waals surface area contributed by atoms with Crippen molar-refractivity contribution in [2.45, 2.75) is 44.2 Å². The van der Waals surface area contributed by atoms with E-state index in [1.165, 1.54) is 30.0 Å². The lowest BCUT2D eigenvalue weighted by Gasteiger charge is -2.24. The number of carbonyl (C=O) groups excluding carboxylic acids is 2. The Hall–Kier alpha value is -3.35. The Bertz CT molecular complexity index is 991. The minimum Gasteiger partial charge on any atom is -0.480 e. The summed E-state index contributed by atoms with van der Waals surface area (Å²) in [6.07, 6.45) is 1.27. The number of aliphatic carboxylic acids is 1. The maximum Gasteiger partial charge on any atom is 0.407 e. The number of nitrogens with zero attached hydrogens (tertiary/aromatic N) is 1. The van der Waals surface area contributed by atoms with Crippen molar-refractivity contribution in [2.75, 3.05) is 13.7 Å². The van der Waals surface area contributed by atoms with E-state index in [2.05, 4.69) is 29.6 Å². The number of benzene rings is 2. The van der Waals surface area contributed by atoms with Crippen LogP contribution in [0.25, 0.3) is 11.1 Å². The van der Waals surface area contributed by atoms with E-state index in [9.17, 15) is 14.4 Å². The molecule has 0 radical (unpaired) electrons. The molecule has 0 aliphatic heterocycles. The molecule has 2 aliphatic rings. The normalized spacial score (nSPS) is 20.2. The number of fused-ring (bicyclic) bond motifs is 3. The van der Waals surface area contributed by atoms with Crippen LogP contribution in [-0.2, 0) is 14.3 Å². The fourth-order valence-electron chi connectivity index (χ4n) is 4.79. The zero-order chi connectivity index (χ0) is 22.8. The van der Waals surface area contributed by atoms with Crippen LogP contribution in [0.1, 0.15) is 43.2 Å². The second-order valence-electron chi connectivity index (χ2n) is 8.64. The summed E-state index contributed by atoms with van der Waals surface area (Å²) in [5, 5.41) is 12.0. The van der Waals surface area contributed by atoms with E-state index >= 15 is 0 Å². The Balaban J connectivity index is 1.32. The highest BCUT2D eigenvalue weighted by atomic mass is 16.5. The number of ether oxygens (including phenoxy) is 1. The Morgan fingerprint density at radius 3 is 2.25 bits per heavy atom. The number of carboxylic acids is 1. The molecule has 1 saturated carbocycles. The molecule has 0 heterocycles. The first-order valence-corrected chi connectivity index (χ1v) is 11.0. The molecular formula is C25H28N2O5. The average Bonchev–Trinajstić information content (AvgIpc) is 3.38. The molecule has 3 atom stereocenters. The minimum atomic E-state index is -1.04. The molecule has 2 aliphatic carbocycles. The van der Waals surface area contributed by atoms with Gasteiger partial charge in [-0.25, -0.2) is 9.59 Å². The van der Waals surface area contributed by atoms with E-state index < -0.39 is 18.1 Å². The van der Waals surface area contributed by atoms with Crippen LogP contribution in [0, 0.1) is 5.92 Å². The van der Waals surface area contributed by atoms with Crippen LogP contribution in [0.3, 0.4) is 0 Å². The molecule has 7 heteroatoms. The highest BCUT2D eigenvalue weighted by Gasteiger charge is 2.35. The molecule has 4 rings (SSSR count). The van der Waals surface area contributed by atoms with Gasteiger partial charge in [-0.15, -0.1) is 0 Å². The van der Waals surface area contributed by atoms with Gasteiger partial charge in [0.05, 0.1) is 0 Å². The van der Waals surface area contributed by atoms with E-state index in [0.29, 0.717) is 19.3 Å². The second kappa shape index (κ2) is 9.02. The van der Waals surface area contributed by atoms with Crippen molar-refractivity contribution in [2.24, 2.45) is 5.92 Å². The lowest BCUT2D eigenvalue weighted by Crippen LogP contribution is -2.43. The van der Waals surface area contributed by atoms with Crippen LogP contribution < -0.4 is 5.32 Å². The molecule has 0 spiro atoms. The molecule has 32 heavy (non-hydrogen) atoms. The molecule has 2 N–H and O–H groups in total. The summed E-state index contributed by atoms with van der Waals surface area (Å²) in [4.78, 5) is 37.5. The molecule has 7 nitrogen and oxygen atoms in total. The first-order chi connectivity index (χ1) is 15.4. The third-order valence-electron chi connectivity index (χ3n) is 6.73. The number of hydrogen-bond donors (Lipinski definition) is 2. The number of carboxylic acid groups (broad SMARTS) is 1. The molecule has 0 bridgehead atoms. The molecule has 2 aromatic rings. The van der Waals surface area contributed by atoms with Crippen molar-refractivity contribution in [3.05, 3.63) is 59.7 Å². The fourth-order valence-corrected chi connectivity index (χ4v) is 4.79. The lowest BCUT2D eigenvalue weighted by molar-refractivity contribution is -0.149. The van der Waals surface area contributed by atoms with Gasteiger partial charge in [0.1, 0.15) is 12.6 Å². The van der Waals surface area contributed by atoms with E-state index in [1.807, 2.05) is 24.3 Å². The van der Waals surface area contributed by atoms with Gasteiger partial charge in [-0.05, 0) is 48.4 Å². The summed E-state index contributed by atoms with van der Waals surface area (Å²) in [6, 6.07) is 15.3. The van der Waals surface area contributed by atoms with Gasteiger partial charge in [-0.2, -0.15) is 0 Å². The number of rotatable bonds is 6. The molecule has 3 unspecified atom stereocenters. The summed E-state index contributed by atoms with van der Waals surface area (Å²) in [6.45, 7) is 1.73. The molecule has 2 aromatic carbocycles. The van der Waals surface area contributed by atoms with Crippen LogP contribution >= 0.6 is 0 Å². The predicted octanol–water partition coefficient (Wildman–Crippen LogP) is 3.63. The van der Waals surface area contributed by atoms with Crippen molar-refractivity contribution in [1.29, 1.82) is 0 Å². The highest BCUT2D eigenvalue weighted by molar-refractivity contribution is 5.85. The van der Waals surface area contributed by atoms with Crippen LogP contribution in [0.2, 0.25) is 0 Å². The summed E-state index contributed by atoms with van der Waals surface area (Å²) in [7, 11) is 1.51. The topological polar surface area (TPSA) is 95.9 Å². The zero-order valence-electron chi connectivity index (χ0n) is 18.3. The Morgan fingerprint density at radius 1 is 1.06 bits per heavy atom. The van der Waals surface area contributed by atoms with Gasteiger partial charge in [0.15, 0.2) is 0 Å². The first-order valence-electron chi connectivity index (χ1n) is 11.0. The Kier molecular flexibility index (Phi) is 6.17. The van der Waals surface area contributed by atoms with Crippen molar-refractivity contribution < 1.29 is 24.2 Å². The van der Waals surface area contributed by atoms with Gasteiger partial charge in [0.2, 0.25) is 5.91 Å². The molecule has 168 valence electrons. The van der Waals surface area contributed by atoms with Crippen LogP contribution in [0.5, 0.6) is 0 Å². The molecule has 2 amide bonds. The average molecular weight is 437 g/mol. The van der Waals surface area contributed by atoms with Crippen LogP contribution in [0.4, 0.5) is 4.79 Å². The fraction of sp³-hybridized carbons (Fsp3) is 0.400. The molecular weight excluding hydrogens is 408 g/mol. The number of hydrogen-bond acceptors (Lipinski definition) is 4. The number of nitrogens with one attached hydrogen (secondary N) is 1. The summed E-state index contributed by atoms with van der Waals surface area (Å²) in [5.74, 6) is -1.53. The van der Waals surface area contributed by atoms with Crippen molar-refractivity contribution >= 4 is 18.0 Å². The number of amides is 2. The van der Waals surface area contributed by atoms with Gasteiger partial charge in [0.25, 0.3) is 0 Å². The maximum absolute atomic E-state index is 12.6. The highest BCUT2D eigenvalue weighted by Crippen LogP contribution is 2.44. The number of alkyl carbamates (subject to hydrolysis) is 1. The molecule has 1 fully saturated rings. The van der Waals surface area contributed by atoms with Crippen molar-refractivity contribution in [1.82, 2.24) is 10.2 Å². The van der Waals surface area contributed by atoms with Gasteiger partial charge < -0.3 is 20.1 Å². The maximum atomic E-state index is 12.6. The third-order valence-corrected chi connectivity index (χ3v) is 6.73. The largest absolute Gasteiger partial charge is 0.480 e. The monoisotopic (exact) mass is 436 g/mol. The lowest BCUT2D eigenvalue weighted by atomic mass is 9.98. The summed E-state index contributed by atoms with van der Waals surface area (Å²) < 4.78 is 5.59. The summed E-state index contributed by atoms with van der Waals surface area (Å²) in [5.41, 5.74) is 4.66. The van der Waals surface area contributed by atoms with Crippen molar-refractivity contribution in [3.63, 3.8) is 0 Å². The van der Waals surface area contributed by atoms with Gasteiger partial charge >= 0.3 is 12.1 Å². The zero-order valence-corrected chi connectivity index (χ0v) is 18.3. The smallest absolute Gasteiger partial charge is 0.407 e. The van der Waals surface area contributed by atoms with E-state index in [4.69, 9.17) is 9.84 Å². The SMILES string of the molecule is CC(C(=O)O)N(C)C(=O)C1CCC(NC(=O)OCC2c3ccccc3-c3ccccc32)C1. The molecule has 0 aromatic heterocycles. The van der Waals surface area contributed by atoms with Gasteiger partial charge in [0, 0.05) is 24.9 Å².